The van der Waals surface area contributed by atoms with Crippen molar-refractivity contribution in [2.45, 2.75) is 120 Å². The van der Waals surface area contributed by atoms with Crippen LogP contribution in [-0.4, -0.2) is 142 Å². The van der Waals surface area contributed by atoms with Gasteiger partial charge in [0.05, 0.1) is 6.33 Å². The van der Waals surface area contributed by atoms with E-state index in [1.165, 1.54) is 19.4 Å². The zero-order valence-electron chi connectivity index (χ0n) is 43.3. The monoisotopic (exact) mass is 1080 g/mol. The SMILES string of the molecule is CC(=O)N[C@H](CCCN=C(N)N)C(=O)N[C@H]1CCCNC(=O)CC[C@@H](C(N)=O)NC(=O)[C@H](Cc2c[nH]c3ccccc23)NC(=O)[C@H](CCCN=C(N)N)NC(=O)[C@@H](Cc2ccc(N)cc2)NC(=O)[C@H](Cc2cnc[nH]2)NC1=O. The molecular formula is C50H71N19O9. The predicted octanol–water partition coefficient (Wildman–Crippen LogP) is -3.80. The van der Waals surface area contributed by atoms with Crippen LogP contribution < -0.4 is 76.9 Å². The second kappa shape index (κ2) is 29.7. The Labute approximate surface area is 449 Å². The number of anilines is 1. The van der Waals surface area contributed by atoms with Gasteiger partial charge in [0.1, 0.15) is 42.3 Å². The zero-order chi connectivity index (χ0) is 56.7. The van der Waals surface area contributed by atoms with Crippen molar-refractivity contribution in [3.63, 3.8) is 0 Å². The van der Waals surface area contributed by atoms with Gasteiger partial charge in [-0.2, -0.15) is 0 Å². The van der Waals surface area contributed by atoms with Gasteiger partial charge >= 0.3 is 0 Å². The number of H-pyrrole nitrogens is 2. The molecule has 7 atom stereocenters. The van der Waals surface area contributed by atoms with Crippen LogP contribution in [0.4, 0.5) is 5.69 Å². The Kier molecular flexibility index (Phi) is 22.7. The number of aliphatic imine (C=N–C) groups is 2. The average molecular weight is 1080 g/mol. The molecule has 4 aromatic rings. The number of carbonyl (C=O) groups excluding carboxylic acids is 9. The fourth-order valence-corrected chi connectivity index (χ4v) is 8.53. The zero-order valence-corrected chi connectivity index (χ0v) is 43.3. The average Bonchev–Trinajstić information content (AvgIpc) is 4.07. The van der Waals surface area contributed by atoms with E-state index in [1.807, 2.05) is 18.2 Å². The van der Waals surface area contributed by atoms with E-state index < -0.39 is 95.5 Å². The molecule has 22 N–H and O–H groups in total. The molecular weight excluding hydrogens is 1010 g/mol. The van der Waals surface area contributed by atoms with E-state index in [-0.39, 0.29) is 102 Å². The van der Waals surface area contributed by atoms with E-state index in [2.05, 4.69) is 67.5 Å². The van der Waals surface area contributed by atoms with Crippen molar-refractivity contribution in [3.05, 3.63) is 84.1 Å². The fourth-order valence-electron chi connectivity index (χ4n) is 8.53. The number of nitrogens with two attached hydrogens (primary N) is 6. The lowest BCUT2D eigenvalue weighted by Gasteiger charge is -2.28. The molecule has 0 saturated carbocycles. The van der Waals surface area contributed by atoms with Gasteiger partial charge in [0.2, 0.25) is 53.2 Å². The van der Waals surface area contributed by atoms with Gasteiger partial charge in [0.15, 0.2) is 11.9 Å². The van der Waals surface area contributed by atoms with Crippen molar-refractivity contribution >= 4 is 81.7 Å². The van der Waals surface area contributed by atoms with E-state index in [1.54, 1.807) is 36.5 Å². The highest BCUT2D eigenvalue weighted by Crippen LogP contribution is 2.20. The number of para-hydroxylation sites is 1. The number of primary amides is 1. The Morgan fingerprint density at radius 1 is 0.718 bits per heavy atom. The number of hydrogen-bond donors (Lipinski definition) is 16. The summed E-state index contributed by atoms with van der Waals surface area (Å²) in [6.45, 7) is 1.32. The Bertz CT molecular complexity index is 2770. The molecule has 2 aromatic carbocycles. The first kappa shape index (κ1) is 59.6. The number of nitrogens with one attached hydrogen (secondary N) is 10. The van der Waals surface area contributed by atoms with Crippen LogP contribution in [0.15, 0.2) is 77.2 Å². The molecule has 2 aromatic heterocycles. The number of nitrogen functional groups attached to an aromatic ring is 1. The summed E-state index contributed by atoms with van der Waals surface area (Å²) < 4.78 is 0. The second-order valence-corrected chi connectivity index (χ2v) is 18.7. The molecule has 0 aliphatic carbocycles. The van der Waals surface area contributed by atoms with Crippen LogP contribution >= 0.6 is 0 Å². The first-order valence-corrected chi connectivity index (χ1v) is 25.4. The van der Waals surface area contributed by atoms with E-state index in [0.29, 0.717) is 22.5 Å². The standard InChI is InChI=1S/C50H71N19O9/c1-27(70)63-35(9-5-19-59-49(53)54)43(73)65-36-10-4-18-58-41(71)17-16-34(42(52)72)64-47(77)39(22-29-24-61-33-8-3-2-7-32(29)33)68-44(74)37(11-6-20-60-50(55)56)66-46(76)38(21-28-12-14-30(51)15-13-28)67-48(78)40(69-45(36)75)23-31-25-57-26-62-31/h2-3,7-8,12-15,24-26,34-40,61H,4-6,9-11,16-23,51H2,1H3,(H2,52,72)(H,57,62)(H,58,71)(H,63,70)(H,64,77)(H,65,73)(H,66,76)(H,67,78)(H,68,74)(H,69,75)(H4,53,54,59)(H4,55,56,60)/t34-,35+,36-,37-,38+,39-,40-/m0/s1. The molecule has 0 unspecified atom stereocenters. The Morgan fingerprint density at radius 2 is 1.33 bits per heavy atom. The van der Waals surface area contributed by atoms with Crippen LogP contribution in [0, 0.1) is 0 Å². The third-order valence-corrected chi connectivity index (χ3v) is 12.6. The van der Waals surface area contributed by atoms with Gasteiger partial charge in [-0.1, -0.05) is 30.3 Å². The molecule has 3 heterocycles. The first-order chi connectivity index (χ1) is 37.3. The van der Waals surface area contributed by atoms with E-state index in [4.69, 9.17) is 34.4 Å². The molecule has 9 amide bonds. The van der Waals surface area contributed by atoms with Gasteiger partial charge < -0.3 is 86.9 Å². The van der Waals surface area contributed by atoms with Crippen molar-refractivity contribution in [1.82, 2.24) is 57.5 Å². The Balaban J connectivity index is 1.55. The molecule has 5 rings (SSSR count). The first-order valence-electron chi connectivity index (χ1n) is 25.4. The minimum atomic E-state index is -1.45. The van der Waals surface area contributed by atoms with Crippen LogP contribution in [0.5, 0.6) is 0 Å². The van der Waals surface area contributed by atoms with Gasteiger partial charge in [-0.25, -0.2) is 4.98 Å². The third kappa shape index (κ3) is 19.5. The molecule has 78 heavy (non-hydrogen) atoms. The molecule has 28 nitrogen and oxygen atoms in total. The second-order valence-electron chi connectivity index (χ2n) is 18.7. The van der Waals surface area contributed by atoms with Gasteiger partial charge in [-0.3, -0.25) is 53.1 Å². The quantitative estimate of drug-likeness (QED) is 0.0197. The van der Waals surface area contributed by atoms with Crippen molar-refractivity contribution in [2.75, 3.05) is 25.4 Å². The van der Waals surface area contributed by atoms with E-state index >= 15 is 0 Å². The lowest BCUT2D eigenvalue weighted by molar-refractivity contribution is -0.135. The summed E-state index contributed by atoms with van der Waals surface area (Å²) in [6, 6.07) is 4.07. The lowest BCUT2D eigenvalue weighted by atomic mass is 10.0. The number of imidazole rings is 1. The molecule has 0 radical (unpaired) electrons. The molecule has 420 valence electrons. The fraction of sp³-hybridized carbons (Fsp3) is 0.440. The summed E-state index contributed by atoms with van der Waals surface area (Å²) in [5, 5.41) is 22.2. The maximum Gasteiger partial charge on any atom is 0.243 e. The number of carbonyl (C=O) groups is 9. The predicted molar refractivity (Wildman–Crippen MR) is 289 cm³/mol. The number of hydrogen-bond acceptors (Lipinski definition) is 13. The smallest absolute Gasteiger partial charge is 0.243 e. The number of benzene rings is 2. The van der Waals surface area contributed by atoms with Crippen LogP contribution in [0.25, 0.3) is 10.9 Å². The maximum atomic E-state index is 14.8. The number of nitrogens with zero attached hydrogens (tertiary/aromatic N) is 3. The van der Waals surface area contributed by atoms with Gasteiger partial charge in [0.25, 0.3) is 0 Å². The summed E-state index contributed by atoms with van der Waals surface area (Å²) in [6.07, 6.45) is 3.71. The highest BCUT2D eigenvalue weighted by Gasteiger charge is 2.35. The van der Waals surface area contributed by atoms with Gasteiger partial charge in [0, 0.05) is 86.9 Å². The molecule has 1 aliphatic heterocycles. The molecule has 1 fully saturated rings. The van der Waals surface area contributed by atoms with Crippen molar-refractivity contribution in [3.8, 4) is 0 Å². The molecule has 1 saturated heterocycles. The summed E-state index contributed by atoms with van der Waals surface area (Å²) in [7, 11) is 0. The summed E-state index contributed by atoms with van der Waals surface area (Å²) in [4.78, 5) is 143. The van der Waals surface area contributed by atoms with E-state index in [9.17, 15) is 43.2 Å². The van der Waals surface area contributed by atoms with Crippen LogP contribution in [-0.2, 0) is 62.4 Å². The Hall–Kier alpha value is -9.24. The van der Waals surface area contributed by atoms with Crippen LogP contribution in [0.2, 0.25) is 0 Å². The number of rotatable bonds is 18. The summed E-state index contributed by atoms with van der Waals surface area (Å²) in [5.41, 5.74) is 36.5. The lowest BCUT2D eigenvalue weighted by Crippen LogP contribution is -2.60. The van der Waals surface area contributed by atoms with Crippen LogP contribution in [0.1, 0.15) is 75.1 Å². The van der Waals surface area contributed by atoms with Crippen molar-refractivity contribution in [2.24, 2.45) is 38.7 Å². The maximum absolute atomic E-state index is 14.8. The number of amides is 9. The number of guanidine groups is 2. The molecule has 28 heteroatoms. The summed E-state index contributed by atoms with van der Waals surface area (Å²) >= 11 is 0. The molecule has 0 spiro atoms. The number of aromatic nitrogens is 3. The van der Waals surface area contributed by atoms with Crippen LogP contribution in [0.3, 0.4) is 0 Å². The normalized spacial score (nSPS) is 20.7. The molecule has 1 aliphatic rings. The highest BCUT2D eigenvalue weighted by atomic mass is 16.2. The third-order valence-electron chi connectivity index (χ3n) is 12.6. The molecule has 0 bridgehead atoms. The van der Waals surface area contributed by atoms with Gasteiger partial charge in [-0.05, 0) is 74.3 Å². The van der Waals surface area contributed by atoms with Gasteiger partial charge in [-0.15, -0.1) is 0 Å². The van der Waals surface area contributed by atoms with Crippen molar-refractivity contribution < 1.29 is 43.2 Å². The minimum absolute atomic E-state index is 0.0322. The topological polar surface area (TPSA) is 475 Å². The largest absolute Gasteiger partial charge is 0.399 e. The van der Waals surface area contributed by atoms with E-state index in [0.717, 1.165) is 10.9 Å². The summed E-state index contributed by atoms with van der Waals surface area (Å²) in [5.74, 6) is -7.48. The highest BCUT2D eigenvalue weighted by molar-refractivity contribution is 5.98. The number of aromatic amines is 2. The minimum Gasteiger partial charge on any atom is -0.399 e. The number of fused-ring (bicyclic) bond motifs is 1. The Morgan fingerprint density at radius 3 is 1.99 bits per heavy atom. The van der Waals surface area contributed by atoms with Crippen molar-refractivity contribution in [1.29, 1.82) is 0 Å².